The van der Waals surface area contributed by atoms with E-state index in [-0.39, 0.29) is 0 Å². The average molecular weight is 192 g/mol. The second-order valence-corrected chi connectivity index (χ2v) is 3.71. The Morgan fingerprint density at radius 2 is 2.43 bits per heavy atom. The molecule has 1 unspecified atom stereocenters. The lowest BCUT2D eigenvalue weighted by atomic mass is 10.1. The van der Waals surface area contributed by atoms with Gasteiger partial charge in [-0.25, -0.2) is 0 Å². The standard InChI is InChI=1S/C12H20N2/c1-4-6-14-11(3)10(2)8-12-5-7-13-9-12/h5,7-9,11,13-14H,4,6H2,1-3H3/b10-8+. The van der Waals surface area contributed by atoms with Gasteiger partial charge in [0.25, 0.3) is 0 Å². The predicted octanol–water partition coefficient (Wildman–Crippen LogP) is 2.81. The van der Waals surface area contributed by atoms with Gasteiger partial charge >= 0.3 is 0 Å². The van der Waals surface area contributed by atoms with Gasteiger partial charge < -0.3 is 10.3 Å². The third-order valence-electron chi connectivity index (χ3n) is 2.40. The summed E-state index contributed by atoms with van der Waals surface area (Å²) in [4.78, 5) is 3.05. The maximum atomic E-state index is 3.47. The molecule has 2 heteroatoms. The molecule has 0 fully saturated rings. The van der Waals surface area contributed by atoms with Crippen LogP contribution in [-0.2, 0) is 0 Å². The molecule has 0 saturated heterocycles. The van der Waals surface area contributed by atoms with Crippen LogP contribution in [0.3, 0.4) is 0 Å². The van der Waals surface area contributed by atoms with E-state index in [1.807, 2.05) is 12.4 Å². The Balaban J connectivity index is 2.51. The highest BCUT2D eigenvalue weighted by atomic mass is 14.9. The zero-order chi connectivity index (χ0) is 10.4. The summed E-state index contributed by atoms with van der Waals surface area (Å²) < 4.78 is 0. The first-order chi connectivity index (χ1) is 6.74. The van der Waals surface area contributed by atoms with Crippen LogP contribution in [0, 0.1) is 0 Å². The molecule has 1 rings (SSSR count). The van der Waals surface area contributed by atoms with E-state index in [9.17, 15) is 0 Å². The minimum Gasteiger partial charge on any atom is -0.367 e. The average Bonchev–Trinajstić information content (AvgIpc) is 2.66. The fourth-order valence-corrected chi connectivity index (χ4v) is 1.34. The number of rotatable bonds is 5. The van der Waals surface area contributed by atoms with Crippen LogP contribution in [-0.4, -0.2) is 17.6 Å². The molecule has 0 amide bonds. The normalized spacial score (nSPS) is 14.4. The van der Waals surface area contributed by atoms with Crippen molar-refractivity contribution in [1.29, 1.82) is 0 Å². The van der Waals surface area contributed by atoms with Crippen molar-refractivity contribution in [2.24, 2.45) is 0 Å². The van der Waals surface area contributed by atoms with Crippen LogP contribution in [0.2, 0.25) is 0 Å². The maximum Gasteiger partial charge on any atom is 0.0251 e. The van der Waals surface area contributed by atoms with Crippen LogP contribution in [0.15, 0.2) is 24.0 Å². The number of aromatic nitrogens is 1. The number of aromatic amines is 1. The Labute approximate surface area is 86.4 Å². The molecular formula is C12H20N2. The van der Waals surface area contributed by atoms with Crippen molar-refractivity contribution < 1.29 is 0 Å². The van der Waals surface area contributed by atoms with E-state index in [4.69, 9.17) is 0 Å². The second-order valence-electron chi connectivity index (χ2n) is 3.71. The molecule has 0 aliphatic carbocycles. The Hall–Kier alpha value is -1.02. The maximum absolute atomic E-state index is 3.47. The smallest absolute Gasteiger partial charge is 0.0251 e. The van der Waals surface area contributed by atoms with Gasteiger partial charge in [0, 0.05) is 18.4 Å². The van der Waals surface area contributed by atoms with Gasteiger partial charge in [0.2, 0.25) is 0 Å². The molecular weight excluding hydrogens is 172 g/mol. The Kier molecular flexibility index (Phi) is 4.47. The van der Waals surface area contributed by atoms with Gasteiger partial charge in [-0.1, -0.05) is 18.6 Å². The topological polar surface area (TPSA) is 27.8 Å². The van der Waals surface area contributed by atoms with E-state index in [0.717, 1.165) is 6.54 Å². The molecule has 1 atom stereocenters. The van der Waals surface area contributed by atoms with Crippen molar-refractivity contribution in [1.82, 2.24) is 10.3 Å². The molecule has 0 aliphatic rings. The molecule has 14 heavy (non-hydrogen) atoms. The lowest BCUT2D eigenvalue weighted by Crippen LogP contribution is -2.27. The number of hydrogen-bond acceptors (Lipinski definition) is 1. The third-order valence-corrected chi connectivity index (χ3v) is 2.40. The van der Waals surface area contributed by atoms with Crippen LogP contribution >= 0.6 is 0 Å². The van der Waals surface area contributed by atoms with Crippen LogP contribution in [0.1, 0.15) is 32.8 Å². The minimum atomic E-state index is 0.463. The monoisotopic (exact) mass is 192 g/mol. The molecule has 0 bridgehead atoms. The number of hydrogen-bond donors (Lipinski definition) is 2. The molecule has 0 radical (unpaired) electrons. The van der Waals surface area contributed by atoms with Crippen molar-refractivity contribution in [2.45, 2.75) is 33.2 Å². The number of nitrogens with one attached hydrogen (secondary N) is 2. The van der Waals surface area contributed by atoms with Crippen molar-refractivity contribution >= 4 is 6.08 Å². The number of H-pyrrole nitrogens is 1. The van der Waals surface area contributed by atoms with Gasteiger partial charge in [0.15, 0.2) is 0 Å². The molecule has 0 aliphatic heterocycles. The summed E-state index contributed by atoms with van der Waals surface area (Å²) in [5.41, 5.74) is 2.62. The predicted molar refractivity (Wildman–Crippen MR) is 62.2 cm³/mol. The first kappa shape index (κ1) is 11.1. The summed E-state index contributed by atoms with van der Waals surface area (Å²) >= 11 is 0. The van der Waals surface area contributed by atoms with Gasteiger partial charge in [-0.05, 0) is 38.4 Å². The van der Waals surface area contributed by atoms with Crippen LogP contribution in [0.25, 0.3) is 6.08 Å². The highest BCUT2D eigenvalue weighted by Gasteiger charge is 2.01. The zero-order valence-corrected chi connectivity index (χ0v) is 9.30. The van der Waals surface area contributed by atoms with Crippen LogP contribution in [0.4, 0.5) is 0 Å². The van der Waals surface area contributed by atoms with Crippen LogP contribution in [0.5, 0.6) is 0 Å². The van der Waals surface area contributed by atoms with Crippen LogP contribution < -0.4 is 5.32 Å². The fraction of sp³-hybridized carbons (Fsp3) is 0.500. The largest absolute Gasteiger partial charge is 0.367 e. The molecule has 0 aromatic carbocycles. The molecule has 1 heterocycles. The highest BCUT2D eigenvalue weighted by molar-refractivity contribution is 5.52. The van der Waals surface area contributed by atoms with E-state index in [2.05, 4.69) is 43.2 Å². The highest BCUT2D eigenvalue weighted by Crippen LogP contribution is 2.08. The SMILES string of the molecule is CCCNC(C)/C(C)=C/c1cc[nH]c1. The molecule has 0 spiro atoms. The fourth-order valence-electron chi connectivity index (χ4n) is 1.34. The van der Waals surface area contributed by atoms with Gasteiger partial charge in [0.1, 0.15) is 0 Å². The molecule has 2 nitrogen and oxygen atoms in total. The van der Waals surface area contributed by atoms with Gasteiger partial charge in [0.05, 0.1) is 0 Å². The summed E-state index contributed by atoms with van der Waals surface area (Å²) in [5.74, 6) is 0. The first-order valence-electron chi connectivity index (χ1n) is 5.28. The quantitative estimate of drug-likeness (QED) is 0.737. The van der Waals surface area contributed by atoms with Crippen molar-refractivity contribution in [3.63, 3.8) is 0 Å². The van der Waals surface area contributed by atoms with Gasteiger partial charge in [-0.3, -0.25) is 0 Å². The Bertz CT molecular complexity index is 273. The summed E-state index contributed by atoms with van der Waals surface area (Å²) in [6.45, 7) is 7.64. The van der Waals surface area contributed by atoms with E-state index in [1.54, 1.807) is 0 Å². The molecule has 1 aromatic rings. The lowest BCUT2D eigenvalue weighted by Gasteiger charge is -2.13. The lowest BCUT2D eigenvalue weighted by molar-refractivity contribution is 0.604. The van der Waals surface area contributed by atoms with Crippen molar-refractivity contribution in [3.05, 3.63) is 29.6 Å². The van der Waals surface area contributed by atoms with E-state index < -0.39 is 0 Å². The van der Waals surface area contributed by atoms with Crippen molar-refractivity contribution in [3.8, 4) is 0 Å². The molecule has 2 N–H and O–H groups in total. The Morgan fingerprint density at radius 3 is 3.00 bits per heavy atom. The summed E-state index contributed by atoms with van der Waals surface area (Å²) in [6.07, 6.45) is 7.35. The summed E-state index contributed by atoms with van der Waals surface area (Å²) in [6, 6.07) is 2.54. The second kappa shape index (κ2) is 5.66. The minimum absolute atomic E-state index is 0.463. The summed E-state index contributed by atoms with van der Waals surface area (Å²) in [7, 11) is 0. The van der Waals surface area contributed by atoms with E-state index in [0.29, 0.717) is 6.04 Å². The molecule has 0 saturated carbocycles. The van der Waals surface area contributed by atoms with E-state index >= 15 is 0 Å². The van der Waals surface area contributed by atoms with Gasteiger partial charge in [-0.15, -0.1) is 0 Å². The van der Waals surface area contributed by atoms with Gasteiger partial charge in [-0.2, -0.15) is 0 Å². The summed E-state index contributed by atoms with van der Waals surface area (Å²) in [5, 5.41) is 3.47. The van der Waals surface area contributed by atoms with Crippen molar-refractivity contribution in [2.75, 3.05) is 6.54 Å². The zero-order valence-electron chi connectivity index (χ0n) is 9.30. The first-order valence-corrected chi connectivity index (χ1v) is 5.28. The Morgan fingerprint density at radius 1 is 1.64 bits per heavy atom. The van der Waals surface area contributed by atoms with E-state index in [1.165, 1.54) is 17.6 Å². The third kappa shape index (κ3) is 3.38. The molecule has 78 valence electrons. The molecule has 1 aromatic heterocycles.